The summed E-state index contributed by atoms with van der Waals surface area (Å²) in [7, 11) is 1.62. The SMILES string of the molecule is COc1cccc2cc[c-]c(C(=O)N(C(C)C)C(C)C)c12.[Li+]. The van der Waals surface area contributed by atoms with Gasteiger partial charge in [-0.25, -0.2) is 0 Å². The van der Waals surface area contributed by atoms with Crippen LogP contribution in [-0.2, 0) is 0 Å². The first kappa shape index (κ1) is 18.6. The van der Waals surface area contributed by atoms with Crippen LogP contribution in [0.5, 0.6) is 5.75 Å². The van der Waals surface area contributed by atoms with Gasteiger partial charge in [0.1, 0.15) is 0 Å². The summed E-state index contributed by atoms with van der Waals surface area (Å²) in [5, 5.41) is 1.82. The molecule has 0 aliphatic rings. The maximum atomic E-state index is 12.9. The Balaban J connectivity index is 0.00000242. The molecule has 0 heterocycles. The number of nitrogens with zero attached hydrogens (tertiary/aromatic N) is 1. The number of benzene rings is 2. The van der Waals surface area contributed by atoms with Gasteiger partial charge in [0.25, 0.3) is 0 Å². The summed E-state index contributed by atoms with van der Waals surface area (Å²) in [6.45, 7) is 8.11. The molecule has 0 fully saturated rings. The van der Waals surface area contributed by atoms with E-state index in [0.717, 1.165) is 10.8 Å². The second kappa shape index (κ2) is 7.72. The Hall–Kier alpha value is -1.43. The maximum absolute atomic E-state index is 12.9. The van der Waals surface area contributed by atoms with Crippen LogP contribution in [-0.4, -0.2) is 30.0 Å². The van der Waals surface area contributed by atoms with Crippen LogP contribution in [0.4, 0.5) is 0 Å². The molecule has 0 aliphatic heterocycles. The second-order valence-electron chi connectivity index (χ2n) is 5.68. The Morgan fingerprint density at radius 2 is 1.77 bits per heavy atom. The first-order chi connectivity index (χ1) is 9.97. The molecule has 0 aromatic heterocycles. The van der Waals surface area contributed by atoms with Crippen molar-refractivity contribution >= 4 is 16.7 Å². The van der Waals surface area contributed by atoms with E-state index >= 15 is 0 Å². The molecule has 112 valence electrons. The van der Waals surface area contributed by atoms with Crippen molar-refractivity contribution in [2.45, 2.75) is 39.8 Å². The molecule has 4 heteroatoms. The number of rotatable bonds is 4. The van der Waals surface area contributed by atoms with E-state index in [1.165, 1.54) is 0 Å². The van der Waals surface area contributed by atoms with Crippen molar-refractivity contribution < 1.29 is 28.4 Å². The molecule has 2 aromatic rings. The van der Waals surface area contributed by atoms with Gasteiger partial charge in [-0.1, -0.05) is 28.5 Å². The van der Waals surface area contributed by atoms with Crippen LogP contribution in [0.2, 0.25) is 0 Å². The monoisotopic (exact) mass is 291 g/mol. The molecule has 0 N–H and O–H groups in total. The van der Waals surface area contributed by atoms with E-state index in [-0.39, 0.29) is 36.9 Å². The molecule has 22 heavy (non-hydrogen) atoms. The summed E-state index contributed by atoms with van der Waals surface area (Å²) in [5.74, 6) is 0.704. The summed E-state index contributed by atoms with van der Waals surface area (Å²) >= 11 is 0. The molecule has 0 bridgehead atoms. The van der Waals surface area contributed by atoms with Crippen LogP contribution in [0.15, 0.2) is 30.3 Å². The summed E-state index contributed by atoms with van der Waals surface area (Å²) < 4.78 is 5.43. The minimum absolute atomic E-state index is 0. The van der Waals surface area contributed by atoms with Crippen molar-refractivity contribution in [2.24, 2.45) is 0 Å². The normalized spacial score (nSPS) is 10.7. The van der Waals surface area contributed by atoms with Crippen LogP contribution in [0, 0.1) is 6.07 Å². The molecule has 0 aliphatic carbocycles. The van der Waals surface area contributed by atoms with E-state index in [1.54, 1.807) is 13.2 Å². The molecule has 0 unspecified atom stereocenters. The first-order valence-electron chi connectivity index (χ1n) is 7.27. The number of carbonyl (C=O) groups excluding carboxylic acids is 1. The molecular weight excluding hydrogens is 269 g/mol. The van der Waals surface area contributed by atoms with E-state index in [2.05, 4.69) is 6.07 Å². The molecular formula is C18H22LiNO2. The topological polar surface area (TPSA) is 29.5 Å². The minimum Gasteiger partial charge on any atom is -0.506 e. The predicted molar refractivity (Wildman–Crippen MR) is 85.8 cm³/mol. The van der Waals surface area contributed by atoms with E-state index in [9.17, 15) is 4.79 Å². The van der Waals surface area contributed by atoms with Gasteiger partial charge in [0.05, 0.1) is 12.9 Å². The van der Waals surface area contributed by atoms with Gasteiger partial charge in [0.15, 0.2) is 5.91 Å². The van der Waals surface area contributed by atoms with E-state index in [1.807, 2.05) is 56.9 Å². The Bertz CT molecular complexity index is 639. The van der Waals surface area contributed by atoms with Crippen molar-refractivity contribution in [2.75, 3.05) is 7.11 Å². The van der Waals surface area contributed by atoms with Crippen LogP contribution in [0.1, 0.15) is 38.1 Å². The smallest absolute Gasteiger partial charge is 0.506 e. The van der Waals surface area contributed by atoms with Crippen LogP contribution in [0.3, 0.4) is 0 Å². The van der Waals surface area contributed by atoms with Gasteiger partial charge < -0.3 is 14.4 Å². The number of hydrogen-bond donors (Lipinski definition) is 0. The van der Waals surface area contributed by atoms with E-state index in [0.29, 0.717) is 11.3 Å². The standard InChI is InChI=1S/C18H22NO2.Li/c1-12(2)19(13(3)4)18(20)15-10-6-8-14-9-7-11-16(21-5)17(14)15;/h6-9,11-13H,1-5H3;/q-1;+1. The number of methoxy groups -OCH3 is 1. The molecule has 3 nitrogen and oxygen atoms in total. The van der Waals surface area contributed by atoms with Crippen molar-refractivity contribution in [1.29, 1.82) is 0 Å². The van der Waals surface area contributed by atoms with Crippen LogP contribution >= 0.6 is 0 Å². The zero-order valence-corrected chi connectivity index (χ0v) is 14.3. The quantitative estimate of drug-likeness (QED) is 0.619. The summed E-state index contributed by atoms with van der Waals surface area (Å²) in [5.41, 5.74) is 0.576. The van der Waals surface area contributed by atoms with Crippen molar-refractivity contribution in [1.82, 2.24) is 4.90 Å². The van der Waals surface area contributed by atoms with Crippen molar-refractivity contribution in [3.05, 3.63) is 42.0 Å². The van der Waals surface area contributed by atoms with Crippen molar-refractivity contribution in [3.8, 4) is 5.75 Å². The van der Waals surface area contributed by atoms with Crippen LogP contribution < -0.4 is 23.6 Å². The van der Waals surface area contributed by atoms with E-state index < -0.39 is 0 Å². The van der Waals surface area contributed by atoms with Gasteiger partial charge in [-0.05, 0) is 33.8 Å². The minimum atomic E-state index is -0.00454. The van der Waals surface area contributed by atoms with Gasteiger partial charge in [-0.2, -0.15) is 0 Å². The number of carbonyl (C=O) groups is 1. The predicted octanol–water partition coefficient (Wildman–Crippen LogP) is 0.912. The zero-order valence-electron chi connectivity index (χ0n) is 14.3. The molecule has 2 rings (SSSR count). The third-order valence-electron chi connectivity index (χ3n) is 3.58. The summed E-state index contributed by atoms with van der Waals surface area (Å²) in [6.07, 6.45) is 0. The third kappa shape index (κ3) is 3.48. The molecule has 1 amide bonds. The first-order valence-corrected chi connectivity index (χ1v) is 7.27. The molecule has 0 radical (unpaired) electrons. The zero-order chi connectivity index (χ0) is 15.6. The van der Waals surface area contributed by atoms with Gasteiger partial charge in [-0.3, -0.25) is 0 Å². The fraction of sp³-hybridized carbons (Fsp3) is 0.389. The maximum Gasteiger partial charge on any atom is 1.00 e. The Kier molecular flexibility index (Phi) is 6.53. The van der Waals surface area contributed by atoms with Gasteiger partial charge in [0, 0.05) is 12.1 Å². The number of hydrogen-bond acceptors (Lipinski definition) is 2. The molecule has 0 saturated carbocycles. The summed E-state index contributed by atoms with van der Waals surface area (Å²) in [6, 6.07) is 12.9. The van der Waals surface area contributed by atoms with Gasteiger partial charge in [0.2, 0.25) is 0 Å². The fourth-order valence-corrected chi connectivity index (χ4v) is 2.77. The Morgan fingerprint density at radius 1 is 1.14 bits per heavy atom. The van der Waals surface area contributed by atoms with Gasteiger partial charge >= 0.3 is 18.9 Å². The van der Waals surface area contributed by atoms with Crippen LogP contribution in [0.25, 0.3) is 10.8 Å². The molecule has 0 spiro atoms. The second-order valence-corrected chi connectivity index (χ2v) is 5.68. The molecule has 0 saturated heterocycles. The average Bonchev–Trinajstić information content (AvgIpc) is 2.45. The molecule has 0 atom stereocenters. The van der Waals surface area contributed by atoms with Gasteiger partial charge in [-0.15, -0.1) is 18.2 Å². The number of amides is 1. The fourth-order valence-electron chi connectivity index (χ4n) is 2.77. The Labute approximate surface area is 144 Å². The average molecular weight is 291 g/mol. The van der Waals surface area contributed by atoms with Crippen molar-refractivity contribution in [3.63, 3.8) is 0 Å². The summed E-state index contributed by atoms with van der Waals surface area (Å²) in [4.78, 5) is 14.8. The number of ether oxygens (including phenoxy) is 1. The Morgan fingerprint density at radius 3 is 2.32 bits per heavy atom. The largest absolute Gasteiger partial charge is 1.00 e. The van der Waals surface area contributed by atoms with E-state index in [4.69, 9.17) is 4.74 Å². The molecule has 2 aromatic carbocycles. The third-order valence-corrected chi connectivity index (χ3v) is 3.58. The number of fused-ring (bicyclic) bond motifs is 1.